The van der Waals surface area contributed by atoms with Gasteiger partial charge in [0.15, 0.2) is 5.16 Å². The van der Waals surface area contributed by atoms with Crippen LogP contribution in [0, 0.1) is 12.8 Å². The van der Waals surface area contributed by atoms with Crippen molar-refractivity contribution in [1.29, 1.82) is 0 Å². The van der Waals surface area contributed by atoms with E-state index in [1.54, 1.807) is 16.4 Å². The Morgan fingerprint density at radius 2 is 1.94 bits per heavy atom. The molecule has 2 aromatic heterocycles. The molecule has 1 aromatic carbocycles. The summed E-state index contributed by atoms with van der Waals surface area (Å²) < 4.78 is 5.35. The standard InChI is InChI=1S/C26H34N6O2S/c1-4-17-31-22(16-15-20-11-7-5-8-12-20)28-29-26(31)35-18-23(33)27-24-19(2)30(3)32(25(24)34)21-13-9-6-10-14-21/h4,6,9-10,13-14,20H,1,5,7-8,11-12,15-18H2,2-3H3,(H,27,33). The molecule has 1 aliphatic rings. The van der Waals surface area contributed by atoms with E-state index in [-0.39, 0.29) is 17.2 Å². The molecule has 9 heteroatoms. The normalized spacial score (nSPS) is 14.2. The molecule has 4 rings (SSSR count). The lowest BCUT2D eigenvalue weighted by molar-refractivity contribution is -0.113. The van der Waals surface area contributed by atoms with Crippen LogP contribution in [0.5, 0.6) is 0 Å². The second-order valence-electron chi connectivity index (χ2n) is 9.11. The van der Waals surface area contributed by atoms with Crippen LogP contribution in [0.4, 0.5) is 5.69 Å². The Hall–Kier alpha value is -3.07. The predicted molar refractivity (Wildman–Crippen MR) is 140 cm³/mol. The van der Waals surface area contributed by atoms with Crippen LogP contribution in [0.25, 0.3) is 5.69 Å². The molecule has 0 unspecified atom stereocenters. The number of benzene rings is 1. The first-order chi connectivity index (χ1) is 17.0. The summed E-state index contributed by atoms with van der Waals surface area (Å²) in [5.74, 6) is 1.60. The quantitative estimate of drug-likeness (QED) is 0.331. The summed E-state index contributed by atoms with van der Waals surface area (Å²) in [4.78, 5) is 25.8. The lowest BCUT2D eigenvalue weighted by Crippen LogP contribution is -2.23. The average molecular weight is 495 g/mol. The van der Waals surface area contributed by atoms with Gasteiger partial charge in [-0.3, -0.25) is 14.3 Å². The fourth-order valence-electron chi connectivity index (χ4n) is 4.75. The van der Waals surface area contributed by atoms with Gasteiger partial charge in [0, 0.05) is 20.0 Å². The predicted octanol–water partition coefficient (Wildman–Crippen LogP) is 4.51. The molecule has 1 saturated carbocycles. The van der Waals surface area contributed by atoms with Crippen LogP contribution in [0.3, 0.4) is 0 Å². The van der Waals surface area contributed by atoms with Gasteiger partial charge in [0.2, 0.25) is 5.91 Å². The Morgan fingerprint density at radius 1 is 1.20 bits per heavy atom. The minimum absolute atomic E-state index is 0.136. The molecule has 0 aliphatic heterocycles. The molecule has 1 N–H and O–H groups in total. The van der Waals surface area contributed by atoms with Gasteiger partial charge >= 0.3 is 0 Å². The van der Waals surface area contributed by atoms with Gasteiger partial charge in [-0.1, -0.05) is 68.1 Å². The molecule has 1 amide bonds. The highest BCUT2D eigenvalue weighted by Crippen LogP contribution is 2.28. The molecule has 186 valence electrons. The Bertz CT molecular complexity index is 1220. The zero-order chi connectivity index (χ0) is 24.8. The summed E-state index contributed by atoms with van der Waals surface area (Å²) in [6.45, 7) is 6.30. The Labute approximate surface area is 210 Å². The second-order valence-corrected chi connectivity index (χ2v) is 10.1. The Kier molecular flexibility index (Phi) is 8.28. The van der Waals surface area contributed by atoms with Gasteiger partial charge in [0.25, 0.3) is 5.56 Å². The largest absolute Gasteiger partial charge is 0.319 e. The molecule has 3 aromatic rings. The second kappa shape index (κ2) is 11.6. The highest BCUT2D eigenvalue weighted by atomic mass is 32.2. The minimum atomic E-state index is -0.255. The van der Waals surface area contributed by atoms with Crippen molar-refractivity contribution in [2.45, 2.75) is 63.6 Å². The number of thioether (sulfide) groups is 1. The van der Waals surface area contributed by atoms with Gasteiger partial charge in [-0.2, -0.15) is 0 Å². The summed E-state index contributed by atoms with van der Waals surface area (Å²) in [6.07, 6.45) is 10.5. The molecule has 0 spiro atoms. The third-order valence-electron chi connectivity index (χ3n) is 6.76. The molecule has 1 aliphatic carbocycles. The van der Waals surface area contributed by atoms with Gasteiger partial charge in [0.05, 0.1) is 17.1 Å². The summed E-state index contributed by atoms with van der Waals surface area (Å²) in [6, 6.07) is 9.38. The molecular weight excluding hydrogens is 460 g/mol. The highest BCUT2D eigenvalue weighted by Gasteiger charge is 2.20. The van der Waals surface area contributed by atoms with E-state index in [0.29, 0.717) is 23.1 Å². The fourth-order valence-corrected chi connectivity index (χ4v) is 5.52. The summed E-state index contributed by atoms with van der Waals surface area (Å²) in [5.41, 5.74) is 1.48. The van der Waals surface area contributed by atoms with Crippen molar-refractivity contribution in [1.82, 2.24) is 24.1 Å². The Morgan fingerprint density at radius 3 is 2.66 bits per heavy atom. The number of hydrogen-bond donors (Lipinski definition) is 1. The third kappa shape index (κ3) is 5.78. The molecule has 0 radical (unpaired) electrons. The first-order valence-electron chi connectivity index (χ1n) is 12.3. The lowest BCUT2D eigenvalue weighted by Gasteiger charge is -2.21. The molecule has 2 heterocycles. The zero-order valence-corrected chi connectivity index (χ0v) is 21.4. The minimum Gasteiger partial charge on any atom is -0.319 e. The van der Waals surface area contributed by atoms with E-state index in [0.717, 1.165) is 30.3 Å². The summed E-state index contributed by atoms with van der Waals surface area (Å²) in [7, 11) is 1.81. The molecule has 0 bridgehead atoms. The monoisotopic (exact) mass is 494 g/mol. The third-order valence-corrected chi connectivity index (χ3v) is 7.72. The number of aromatic nitrogens is 5. The Balaban J connectivity index is 1.41. The molecule has 0 atom stereocenters. The first kappa shape index (κ1) is 25.0. The number of nitrogens with zero attached hydrogens (tertiary/aromatic N) is 5. The van der Waals surface area contributed by atoms with Gasteiger partial charge in [-0.05, 0) is 31.4 Å². The number of anilines is 1. The number of nitrogens with one attached hydrogen (secondary N) is 1. The van der Waals surface area contributed by atoms with Crippen molar-refractivity contribution in [2.24, 2.45) is 13.0 Å². The van der Waals surface area contributed by atoms with Gasteiger partial charge in [0.1, 0.15) is 11.5 Å². The van der Waals surface area contributed by atoms with Crippen molar-refractivity contribution in [3.05, 3.63) is 64.9 Å². The van der Waals surface area contributed by atoms with Crippen LogP contribution in [-0.4, -0.2) is 35.8 Å². The maximum atomic E-state index is 13.0. The van der Waals surface area contributed by atoms with E-state index in [4.69, 9.17) is 0 Å². The molecule has 8 nitrogen and oxygen atoms in total. The maximum absolute atomic E-state index is 13.0. The van der Waals surface area contributed by atoms with E-state index < -0.39 is 0 Å². The number of carbonyl (C=O) groups excluding carboxylic acids is 1. The molecular formula is C26H34N6O2S. The van der Waals surface area contributed by atoms with E-state index in [1.807, 2.05) is 47.9 Å². The SMILES string of the molecule is C=CCn1c(CCC2CCCCC2)nnc1SCC(=O)Nc1c(C)n(C)n(-c2ccccc2)c1=O. The molecule has 1 fully saturated rings. The smallest absolute Gasteiger partial charge is 0.295 e. The van der Waals surface area contributed by atoms with Crippen LogP contribution >= 0.6 is 11.8 Å². The molecule has 0 saturated heterocycles. The maximum Gasteiger partial charge on any atom is 0.295 e. The summed E-state index contributed by atoms with van der Waals surface area (Å²) in [5, 5.41) is 12.3. The van der Waals surface area contributed by atoms with Gasteiger partial charge < -0.3 is 9.88 Å². The zero-order valence-electron chi connectivity index (χ0n) is 20.6. The lowest BCUT2D eigenvalue weighted by atomic mass is 9.86. The number of hydrogen-bond acceptors (Lipinski definition) is 5. The summed E-state index contributed by atoms with van der Waals surface area (Å²) >= 11 is 1.33. The van der Waals surface area contributed by atoms with Crippen molar-refractivity contribution in [2.75, 3.05) is 11.1 Å². The van der Waals surface area contributed by atoms with Gasteiger partial charge in [-0.15, -0.1) is 16.8 Å². The van der Waals surface area contributed by atoms with Crippen molar-refractivity contribution in [3.8, 4) is 5.69 Å². The van der Waals surface area contributed by atoms with Crippen molar-refractivity contribution in [3.63, 3.8) is 0 Å². The van der Waals surface area contributed by atoms with Crippen LogP contribution < -0.4 is 10.9 Å². The van der Waals surface area contributed by atoms with Crippen molar-refractivity contribution < 1.29 is 4.79 Å². The first-order valence-corrected chi connectivity index (χ1v) is 13.3. The topological polar surface area (TPSA) is 86.7 Å². The van der Waals surface area contributed by atoms with Crippen molar-refractivity contribution >= 4 is 23.4 Å². The van der Waals surface area contributed by atoms with Gasteiger partial charge in [-0.25, -0.2) is 4.68 Å². The molecule has 35 heavy (non-hydrogen) atoms. The number of allylic oxidation sites excluding steroid dienone is 1. The van der Waals surface area contributed by atoms with E-state index in [2.05, 4.69) is 22.1 Å². The van der Waals surface area contributed by atoms with Crippen LogP contribution in [-0.2, 0) is 24.8 Å². The number of carbonyl (C=O) groups is 1. The van der Waals surface area contributed by atoms with E-state index in [1.165, 1.54) is 43.9 Å². The number of amides is 1. The van der Waals surface area contributed by atoms with E-state index >= 15 is 0 Å². The van der Waals surface area contributed by atoms with Crippen LogP contribution in [0.1, 0.15) is 50.0 Å². The average Bonchev–Trinajstić information content (AvgIpc) is 3.35. The number of rotatable bonds is 10. The van der Waals surface area contributed by atoms with E-state index in [9.17, 15) is 9.59 Å². The van der Waals surface area contributed by atoms with Crippen LogP contribution in [0.15, 0.2) is 52.9 Å². The number of aryl methyl sites for hydroxylation is 1. The number of para-hydroxylation sites is 1. The van der Waals surface area contributed by atoms with Crippen LogP contribution in [0.2, 0.25) is 0 Å². The highest BCUT2D eigenvalue weighted by molar-refractivity contribution is 7.99. The fraction of sp³-hybridized carbons (Fsp3) is 0.462.